The highest BCUT2D eigenvalue weighted by Gasteiger charge is 2.32. The molecule has 0 bridgehead atoms. The van der Waals surface area contributed by atoms with Crippen LogP contribution in [0.4, 0.5) is 5.00 Å². The summed E-state index contributed by atoms with van der Waals surface area (Å²) in [6.07, 6.45) is 2.13. The minimum absolute atomic E-state index is 0.0524. The summed E-state index contributed by atoms with van der Waals surface area (Å²) >= 11 is 1.38. The molecule has 1 fully saturated rings. The molecule has 1 saturated heterocycles. The Labute approximate surface area is 155 Å². The quantitative estimate of drug-likeness (QED) is 0.860. The fourth-order valence-corrected chi connectivity index (χ4v) is 4.43. The Kier molecular flexibility index (Phi) is 4.78. The highest BCUT2D eigenvalue weighted by molar-refractivity contribution is 7.14. The summed E-state index contributed by atoms with van der Waals surface area (Å²) < 4.78 is 11.3. The molecule has 0 spiro atoms. The highest BCUT2D eigenvalue weighted by Crippen LogP contribution is 2.33. The van der Waals surface area contributed by atoms with Gasteiger partial charge in [-0.05, 0) is 29.6 Å². The second kappa shape index (κ2) is 7.36. The number of amides is 1. The second-order valence-electron chi connectivity index (χ2n) is 6.51. The number of anilines is 1. The first-order valence-corrected chi connectivity index (χ1v) is 9.64. The van der Waals surface area contributed by atoms with E-state index in [1.54, 1.807) is 6.07 Å². The first-order valence-electron chi connectivity index (χ1n) is 8.76. The summed E-state index contributed by atoms with van der Waals surface area (Å²) in [5.74, 6) is 1.53. The van der Waals surface area contributed by atoms with Crippen LogP contribution in [0.5, 0.6) is 11.5 Å². The average molecular weight is 370 g/mol. The fourth-order valence-electron chi connectivity index (χ4n) is 3.67. The minimum atomic E-state index is -0.0524. The fraction of sp³-hybridized carbons (Fsp3) is 0.368. The molecule has 2 aliphatic heterocycles. The minimum Gasteiger partial charge on any atom is -0.486 e. The Bertz CT molecular complexity index is 858. The summed E-state index contributed by atoms with van der Waals surface area (Å²) in [5.41, 5.74) is 1.70. The number of quaternary nitrogens is 1. The Morgan fingerprint density at radius 2 is 2.15 bits per heavy atom. The van der Waals surface area contributed by atoms with Crippen LogP contribution in [-0.2, 0) is 4.79 Å². The van der Waals surface area contributed by atoms with Crippen LogP contribution in [0.1, 0.15) is 30.0 Å². The van der Waals surface area contributed by atoms with Crippen LogP contribution >= 0.6 is 11.3 Å². The number of carbonyl (C=O) groups is 1. The lowest BCUT2D eigenvalue weighted by atomic mass is 10.0. The number of nitriles is 1. The maximum atomic E-state index is 12.5. The van der Waals surface area contributed by atoms with E-state index in [0.29, 0.717) is 30.3 Å². The molecule has 1 aromatic carbocycles. The topological polar surface area (TPSA) is 75.8 Å². The number of rotatable bonds is 4. The number of fused-ring (bicyclic) bond motifs is 1. The molecule has 1 amide bonds. The van der Waals surface area contributed by atoms with Gasteiger partial charge in [0.1, 0.15) is 30.3 Å². The van der Waals surface area contributed by atoms with Gasteiger partial charge in [-0.25, -0.2) is 0 Å². The number of nitrogens with zero attached hydrogens (tertiary/aromatic N) is 1. The first kappa shape index (κ1) is 16.9. The molecule has 3 heterocycles. The van der Waals surface area contributed by atoms with E-state index in [2.05, 4.69) is 23.5 Å². The van der Waals surface area contributed by atoms with E-state index in [1.165, 1.54) is 21.8 Å². The molecule has 2 atom stereocenters. The van der Waals surface area contributed by atoms with Crippen LogP contribution in [0.2, 0.25) is 0 Å². The van der Waals surface area contributed by atoms with Gasteiger partial charge in [0.15, 0.2) is 18.0 Å². The molecule has 2 aromatic rings. The third-order valence-electron chi connectivity index (χ3n) is 4.88. The van der Waals surface area contributed by atoms with Crippen LogP contribution in [0.15, 0.2) is 29.6 Å². The summed E-state index contributed by atoms with van der Waals surface area (Å²) in [4.78, 5) is 13.7. The monoisotopic (exact) mass is 370 g/mol. The van der Waals surface area contributed by atoms with Crippen molar-refractivity contribution in [3.63, 3.8) is 0 Å². The van der Waals surface area contributed by atoms with Gasteiger partial charge in [-0.15, -0.1) is 11.3 Å². The van der Waals surface area contributed by atoms with Gasteiger partial charge in [0.05, 0.1) is 12.1 Å². The molecular weight excluding hydrogens is 350 g/mol. The van der Waals surface area contributed by atoms with Crippen molar-refractivity contribution in [2.75, 3.05) is 31.6 Å². The number of benzene rings is 1. The molecule has 0 aliphatic carbocycles. The number of hydrogen-bond acceptors (Lipinski definition) is 5. The zero-order chi connectivity index (χ0) is 17.9. The summed E-state index contributed by atoms with van der Waals surface area (Å²) in [6, 6.07) is 10.2. The van der Waals surface area contributed by atoms with Crippen molar-refractivity contribution in [1.82, 2.24) is 0 Å². The maximum Gasteiger partial charge on any atom is 0.280 e. The molecule has 1 aromatic heterocycles. The number of carbonyl (C=O) groups excluding carboxylic acids is 1. The van der Waals surface area contributed by atoms with Crippen molar-refractivity contribution in [2.45, 2.75) is 18.9 Å². The van der Waals surface area contributed by atoms with Crippen molar-refractivity contribution in [3.05, 3.63) is 40.8 Å². The Morgan fingerprint density at radius 3 is 3.00 bits per heavy atom. The molecule has 134 valence electrons. The number of likely N-dealkylation sites (tertiary alicyclic amines) is 1. The van der Waals surface area contributed by atoms with Crippen LogP contribution in [0.3, 0.4) is 0 Å². The van der Waals surface area contributed by atoms with E-state index in [0.717, 1.165) is 30.9 Å². The number of thiophene rings is 1. The smallest absolute Gasteiger partial charge is 0.280 e. The molecule has 2 N–H and O–H groups in total. The van der Waals surface area contributed by atoms with Crippen molar-refractivity contribution < 1.29 is 19.2 Å². The third-order valence-corrected chi connectivity index (χ3v) is 5.71. The van der Waals surface area contributed by atoms with E-state index in [4.69, 9.17) is 14.7 Å². The second-order valence-corrected chi connectivity index (χ2v) is 7.42. The molecule has 0 radical (unpaired) electrons. The van der Waals surface area contributed by atoms with E-state index in [1.807, 2.05) is 11.4 Å². The lowest BCUT2D eigenvalue weighted by molar-refractivity contribution is -0.910. The number of ether oxygens (including phenoxy) is 2. The maximum absolute atomic E-state index is 12.5. The van der Waals surface area contributed by atoms with Crippen LogP contribution < -0.4 is 19.7 Å². The standard InChI is InChI=1S/C19H19N3O3S/c20-11-14-5-9-26-19(14)21-18(23)12-22-6-1-2-15(22)13-3-4-16-17(10-13)25-8-7-24-16/h3-5,9-10,15H,1-2,6-8,12H2,(H,21,23)/p+1/t15-/m1/s1. The normalized spacial score (nSPS) is 21.2. The summed E-state index contributed by atoms with van der Waals surface area (Å²) in [7, 11) is 0. The third kappa shape index (κ3) is 3.39. The molecule has 7 heteroatoms. The molecule has 0 saturated carbocycles. The van der Waals surface area contributed by atoms with E-state index in [-0.39, 0.29) is 11.9 Å². The van der Waals surface area contributed by atoms with Gasteiger partial charge in [-0.1, -0.05) is 0 Å². The lowest BCUT2D eigenvalue weighted by Crippen LogP contribution is -3.11. The van der Waals surface area contributed by atoms with Crippen molar-refractivity contribution in [1.29, 1.82) is 5.26 Å². The van der Waals surface area contributed by atoms with E-state index >= 15 is 0 Å². The average Bonchev–Trinajstić information content (AvgIpc) is 3.30. The van der Waals surface area contributed by atoms with Crippen molar-refractivity contribution >= 4 is 22.2 Å². The van der Waals surface area contributed by atoms with Gasteiger partial charge >= 0.3 is 0 Å². The summed E-state index contributed by atoms with van der Waals surface area (Å²) in [6.45, 7) is 2.51. The Balaban J connectivity index is 1.45. The molecule has 1 unspecified atom stereocenters. The van der Waals surface area contributed by atoms with E-state index in [9.17, 15) is 4.79 Å². The van der Waals surface area contributed by atoms with Gasteiger partial charge in [0.2, 0.25) is 0 Å². The van der Waals surface area contributed by atoms with Crippen LogP contribution in [0.25, 0.3) is 0 Å². The van der Waals surface area contributed by atoms with Gasteiger partial charge in [-0.2, -0.15) is 5.26 Å². The number of hydrogen-bond donors (Lipinski definition) is 2. The summed E-state index contributed by atoms with van der Waals surface area (Å²) in [5, 5.41) is 14.4. The van der Waals surface area contributed by atoms with Gasteiger partial charge in [0.25, 0.3) is 5.91 Å². The molecule has 4 rings (SSSR count). The van der Waals surface area contributed by atoms with Gasteiger partial charge in [0, 0.05) is 18.4 Å². The van der Waals surface area contributed by atoms with Gasteiger partial charge in [-0.3, -0.25) is 4.79 Å². The predicted molar refractivity (Wildman–Crippen MR) is 97.8 cm³/mol. The molecular formula is C19H20N3O3S+. The Hall–Kier alpha value is -2.56. The molecule has 26 heavy (non-hydrogen) atoms. The van der Waals surface area contributed by atoms with Crippen molar-refractivity contribution in [3.8, 4) is 17.6 Å². The van der Waals surface area contributed by atoms with Crippen LogP contribution in [-0.4, -0.2) is 32.2 Å². The number of nitrogens with one attached hydrogen (secondary N) is 2. The largest absolute Gasteiger partial charge is 0.486 e. The zero-order valence-electron chi connectivity index (χ0n) is 14.3. The molecule has 2 aliphatic rings. The van der Waals surface area contributed by atoms with Crippen LogP contribution in [0, 0.1) is 11.3 Å². The SMILES string of the molecule is N#Cc1ccsc1NC(=O)C[NH+]1CCC[C@@H]1c1ccc2c(c1)OCCO2. The van der Waals surface area contributed by atoms with E-state index < -0.39 is 0 Å². The molecule has 6 nitrogen and oxygen atoms in total. The van der Waals surface area contributed by atoms with Crippen molar-refractivity contribution in [2.24, 2.45) is 0 Å². The predicted octanol–water partition coefficient (Wildman–Crippen LogP) is 1.75. The highest BCUT2D eigenvalue weighted by atomic mass is 32.1. The first-order chi connectivity index (χ1) is 12.7. The zero-order valence-corrected chi connectivity index (χ0v) is 15.1. The lowest BCUT2D eigenvalue weighted by Gasteiger charge is -2.24. The Morgan fingerprint density at radius 1 is 1.31 bits per heavy atom. The van der Waals surface area contributed by atoms with Gasteiger partial charge < -0.3 is 19.7 Å².